The van der Waals surface area contributed by atoms with E-state index in [1.54, 1.807) is 67.8 Å². The number of phenolic OH excluding ortho intramolecular Hbond substituents is 1. The van der Waals surface area contributed by atoms with Gasteiger partial charge in [-0.15, -0.1) is 0 Å². The number of benzene rings is 3. The quantitative estimate of drug-likeness (QED) is 0.505. The highest BCUT2D eigenvalue weighted by Crippen LogP contribution is 2.18. The second-order valence-corrected chi connectivity index (χ2v) is 6.40. The Balaban J connectivity index is 1.51. The van der Waals surface area contributed by atoms with Crippen LogP contribution in [0.1, 0.15) is 20.7 Å². The number of rotatable bonds is 7. The zero-order valence-electron chi connectivity index (χ0n) is 16.6. The molecule has 3 rings (SSSR count). The number of phenols is 1. The van der Waals surface area contributed by atoms with Crippen LogP contribution >= 0.6 is 0 Å². The van der Waals surface area contributed by atoms with Crippen LogP contribution in [0.4, 0.5) is 11.4 Å². The molecule has 2 amide bonds. The lowest BCUT2D eigenvalue weighted by Crippen LogP contribution is -2.21. The third-order valence-corrected chi connectivity index (χ3v) is 4.24. The number of ether oxygens (including phenoxy) is 2. The van der Waals surface area contributed by atoms with Crippen LogP contribution in [-0.2, 0) is 9.53 Å². The monoisotopic (exact) mass is 420 g/mol. The Morgan fingerprint density at radius 2 is 1.45 bits per heavy atom. The largest absolute Gasteiger partial charge is 0.507 e. The van der Waals surface area contributed by atoms with E-state index in [1.807, 2.05) is 0 Å². The molecule has 3 aromatic rings. The van der Waals surface area contributed by atoms with Crippen LogP contribution in [0.25, 0.3) is 0 Å². The second kappa shape index (κ2) is 9.93. The Kier molecular flexibility index (Phi) is 6.85. The highest BCUT2D eigenvalue weighted by atomic mass is 16.5. The lowest BCUT2D eigenvalue weighted by molar-refractivity contribution is -0.119. The van der Waals surface area contributed by atoms with Crippen molar-refractivity contribution in [2.24, 2.45) is 0 Å². The van der Waals surface area contributed by atoms with Crippen LogP contribution in [0, 0.1) is 0 Å². The molecule has 0 aliphatic rings. The van der Waals surface area contributed by atoms with Gasteiger partial charge in [-0.05, 0) is 60.7 Å². The molecular formula is C23H20N2O6. The Hall–Kier alpha value is -4.33. The molecule has 0 fully saturated rings. The average Bonchev–Trinajstić information content (AvgIpc) is 2.78. The fraction of sp³-hybridized carbons (Fsp3) is 0.0870. The van der Waals surface area contributed by atoms with E-state index in [0.717, 1.165) is 0 Å². The lowest BCUT2D eigenvalue weighted by atomic mass is 10.2. The van der Waals surface area contributed by atoms with Gasteiger partial charge in [0.05, 0.1) is 7.11 Å². The highest BCUT2D eigenvalue weighted by molar-refractivity contribution is 6.04. The number of carbonyl (C=O) groups is 3. The number of hydrogen-bond donors (Lipinski definition) is 3. The van der Waals surface area contributed by atoms with Gasteiger partial charge in [0.15, 0.2) is 6.61 Å². The van der Waals surface area contributed by atoms with E-state index in [2.05, 4.69) is 10.6 Å². The van der Waals surface area contributed by atoms with Gasteiger partial charge in [0, 0.05) is 16.9 Å². The van der Waals surface area contributed by atoms with E-state index in [1.165, 1.54) is 12.1 Å². The van der Waals surface area contributed by atoms with E-state index >= 15 is 0 Å². The molecule has 8 nitrogen and oxygen atoms in total. The Morgan fingerprint density at radius 3 is 2.10 bits per heavy atom. The topological polar surface area (TPSA) is 114 Å². The Bertz CT molecular complexity index is 1080. The predicted molar refractivity (Wildman–Crippen MR) is 114 cm³/mol. The van der Waals surface area contributed by atoms with Gasteiger partial charge < -0.3 is 25.2 Å². The van der Waals surface area contributed by atoms with Crippen LogP contribution in [0.5, 0.6) is 11.5 Å². The minimum absolute atomic E-state index is 0.0254. The first-order valence-electron chi connectivity index (χ1n) is 9.26. The van der Waals surface area contributed by atoms with Crippen molar-refractivity contribution in [1.29, 1.82) is 0 Å². The molecule has 0 aliphatic heterocycles. The SMILES string of the molecule is COc1ccc(NC(=O)c2ccc(NC(=O)COC(=O)c3ccccc3O)cc2)cc1. The van der Waals surface area contributed by atoms with E-state index in [9.17, 15) is 19.5 Å². The van der Waals surface area contributed by atoms with Gasteiger partial charge in [0.25, 0.3) is 11.8 Å². The number of anilines is 2. The summed E-state index contributed by atoms with van der Waals surface area (Å²) >= 11 is 0. The molecule has 0 radical (unpaired) electrons. The van der Waals surface area contributed by atoms with Crippen molar-refractivity contribution in [1.82, 2.24) is 0 Å². The number of aromatic hydroxyl groups is 1. The van der Waals surface area contributed by atoms with Crippen LogP contribution in [0.3, 0.4) is 0 Å². The zero-order chi connectivity index (χ0) is 22.2. The summed E-state index contributed by atoms with van der Waals surface area (Å²) < 4.78 is 9.98. The molecule has 0 saturated heterocycles. The Morgan fingerprint density at radius 1 is 0.839 bits per heavy atom. The fourth-order valence-corrected chi connectivity index (χ4v) is 2.63. The number of amides is 2. The van der Waals surface area contributed by atoms with E-state index in [0.29, 0.717) is 22.7 Å². The van der Waals surface area contributed by atoms with Crippen molar-refractivity contribution in [2.45, 2.75) is 0 Å². The lowest BCUT2D eigenvalue weighted by Gasteiger charge is -2.09. The van der Waals surface area contributed by atoms with Crippen LogP contribution < -0.4 is 15.4 Å². The van der Waals surface area contributed by atoms with Crippen molar-refractivity contribution in [3.05, 3.63) is 83.9 Å². The summed E-state index contributed by atoms with van der Waals surface area (Å²) in [6.45, 7) is -0.521. The maximum absolute atomic E-state index is 12.3. The summed E-state index contributed by atoms with van der Waals surface area (Å²) in [6, 6.07) is 19.0. The standard InChI is InChI=1S/C23H20N2O6/c1-30-18-12-10-17(11-13-18)25-22(28)15-6-8-16(9-7-15)24-21(27)14-31-23(29)19-4-2-3-5-20(19)26/h2-13,26H,14H2,1H3,(H,24,27)(H,25,28). The van der Waals surface area contributed by atoms with Crippen molar-refractivity contribution in [3.8, 4) is 11.5 Å². The fourth-order valence-electron chi connectivity index (χ4n) is 2.63. The third-order valence-electron chi connectivity index (χ3n) is 4.24. The normalized spacial score (nSPS) is 10.1. The average molecular weight is 420 g/mol. The first kappa shape index (κ1) is 21.4. The van der Waals surface area contributed by atoms with Gasteiger partial charge >= 0.3 is 5.97 Å². The molecule has 0 bridgehead atoms. The minimum Gasteiger partial charge on any atom is -0.507 e. The van der Waals surface area contributed by atoms with Crippen molar-refractivity contribution in [3.63, 3.8) is 0 Å². The summed E-state index contributed by atoms with van der Waals surface area (Å²) in [5, 5.41) is 15.0. The first-order valence-corrected chi connectivity index (χ1v) is 9.26. The summed E-state index contributed by atoms with van der Waals surface area (Å²) in [6.07, 6.45) is 0. The highest BCUT2D eigenvalue weighted by Gasteiger charge is 2.14. The van der Waals surface area contributed by atoms with Crippen LogP contribution in [-0.4, -0.2) is 36.6 Å². The molecule has 0 spiro atoms. The van der Waals surface area contributed by atoms with E-state index in [4.69, 9.17) is 9.47 Å². The van der Waals surface area contributed by atoms with Crippen LogP contribution in [0.2, 0.25) is 0 Å². The van der Waals surface area contributed by atoms with Gasteiger partial charge in [-0.2, -0.15) is 0 Å². The van der Waals surface area contributed by atoms with E-state index in [-0.39, 0.29) is 17.2 Å². The van der Waals surface area contributed by atoms with Gasteiger partial charge in [0.2, 0.25) is 0 Å². The molecule has 0 aliphatic carbocycles. The number of nitrogens with one attached hydrogen (secondary N) is 2. The molecule has 0 atom stereocenters. The number of methoxy groups -OCH3 is 1. The molecule has 0 aromatic heterocycles. The van der Waals surface area contributed by atoms with Crippen LogP contribution in [0.15, 0.2) is 72.8 Å². The molecule has 0 unspecified atom stereocenters. The van der Waals surface area contributed by atoms with Crippen molar-refractivity contribution >= 4 is 29.2 Å². The van der Waals surface area contributed by atoms with Crippen molar-refractivity contribution < 1.29 is 29.0 Å². The minimum atomic E-state index is -0.807. The maximum atomic E-state index is 12.3. The first-order chi connectivity index (χ1) is 15.0. The van der Waals surface area contributed by atoms with Gasteiger partial charge in [0.1, 0.15) is 17.1 Å². The molecule has 3 N–H and O–H groups in total. The molecule has 8 heteroatoms. The summed E-state index contributed by atoms with van der Waals surface area (Å²) in [7, 11) is 1.56. The molecule has 0 saturated carbocycles. The predicted octanol–water partition coefficient (Wildman–Crippen LogP) is 3.45. The summed E-state index contributed by atoms with van der Waals surface area (Å²) in [4.78, 5) is 36.3. The second-order valence-electron chi connectivity index (χ2n) is 6.40. The number of carbonyl (C=O) groups excluding carboxylic acids is 3. The van der Waals surface area contributed by atoms with Crippen molar-refractivity contribution in [2.75, 3.05) is 24.4 Å². The summed E-state index contributed by atoms with van der Waals surface area (Å²) in [5.41, 5.74) is 1.43. The Labute approximate surface area is 178 Å². The summed E-state index contributed by atoms with van der Waals surface area (Å²) in [5.74, 6) is -1.21. The molecule has 31 heavy (non-hydrogen) atoms. The van der Waals surface area contributed by atoms with E-state index < -0.39 is 18.5 Å². The van der Waals surface area contributed by atoms with Gasteiger partial charge in [-0.25, -0.2) is 4.79 Å². The number of hydrogen-bond acceptors (Lipinski definition) is 6. The number of para-hydroxylation sites is 1. The third kappa shape index (κ3) is 5.83. The molecule has 158 valence electrons. The van der Waals surface area contributed by atoms with Gasteiger partial charge in [-0.3, -0.25) is 9.59 Å². The maximum Gasteiger partial charge on any atom is 0.342 e. The zero-order valence-corrected chi connectivity index (χ0v) is 16.6. The van der Waals surface area contributed by atoms with Gasteiger partial charge in [-0.1, -0.05) is 12.1 Å². The molecule has 3 aromatic carbocycles. The smallest absolute Gasteiger partial charge is 0.342 e. The molecule has 0 heterocycles. The number of esters is 1. The molecular weight excluding hydrogens is 400 g/mol.